The van der Waals surface area contributed by atoms with Gasteiger partial charge < -0.3 is 15.1 Å². The van der Waals surface area contributed by atoms with E-state index in [-0.39, 0.29) is 17.9 Å². The number of piperazine rings is 1. The van der Waals surface area contributed by atoms with Crippen LogP contribution < -0.4 is 10.2 Å². The third kappa shape index (κ3) is 4.87. The van der Waals surface area contributed by atoms with Crippen molar-refractivity contribution >= 4 is 34.9 Å². The summed E-state index contributed by atoms with van der Waals surface area (Å²) >= 11 is 12.6. The zero-order chi connectivity index (χ0) is 22.8. The molecule has 1 aliphatic carbocycles. The Hall–Kier alpha value is -1.89. The van der Waals surface area contributed by atoms with Crippen LogP contribution in [-0.4, -0.2) is 59.5 Å². The van der Waals surface area contributed by atoms with Crippen LogP contribution in [0.4, 0.5) is 5.82 Å². The Labute approximate surface area is 200 Å². The van der Waals surface area contributed by atoms with Crippen LogP contribution in [0.5, 0.6) is 0 Å². The van der Waals surface area contributed by atoms with Gasteiger partial charge in [-0.15, -0.1) is 0 Å². The number of carbonyl (C=O) groups is 1. The fourth-order valence-electron chi connectivity index (χ4n) is 4.70. The van der Waals surface area contributed by atoms with Gasteiger partial charge in [0.1, 0.15) is 12.1 Å². The summed E-state index contributed by atoms with van der Waals surface area (Å²) in [5.41, 5.74) is 3.29. The number of fused-ring (bicyclic) bond motifs is 1. The number of anilines is 1. The Morgan fingerprint density at radius 1 is 1.19 bits per heavy atom. The zero-order valence-corrected chi connectivity index (χ0v) is 20.5. The Bertz CT molecular complexity index is 975. The van der Waals surface area contributed by atoms with Crippen LogP contribution in [0, 0.1) is 0 Å². The molecule has 2 atom stereocenters. The second-order valence-corrected chi connectivity index (χ2v) is 9.93. The van der Waals surface area contributed by atoms with Gasteiger partial charge in [0.15, 0.2) is 0 Å². The molecule has 1 aliphatic heterocycles. The lowest BCUT2D eigenvalue weighted by Gasteiger charge is -2.38. The summed E-state index contributed by atoms with van der Waals surface area (Å²) in [6.45, 7) is 9.79. The molecule has 1 aromatic carbocycles. The van der Waals surface area contributed by atoms with Gasteiger partial charge in [0.2, 0.25) is 5.91 Å². The third-order valence-corrected chi connectivity index (χ3v) is 7.07. The molecule has 1 aromatic heterocycles. The Kier molecular flexibility index (Phi) is 7.23. The normalized spacial score (nSPS) is 19.4. The number of halogens is 2. The fraction of sp³-hybridized carbons (Fsp3) is 0.542. The molecule has 8 heteroatoms. The SMILES string of the molecule is CC(C)NC[C@H](C(=O)N1CCN(c2ncnc3c2[C@H](C)CC3)CC1)c1ccc(Cl)cc1Cl. The van der Waals surface area contributed by atoms with Crippen LogP contribution in [0.3, 0.4) is 0 Å². The number of rotatable bonds is 6. The average Bonchev–Trinajstić information content (AvgIpc) is 3.16. The highest BCUT2D eigenvalue weighted by molar-refractivity contribution is 6.35. The van der Waals surface area contributed by atoms with Crippen molar-refractivity contribution in [3.8, 4) is 0 Å². The van der Waals surface area contributed by atoms with Gasteiger partial charge in [-0.2, -0.15) is 0 Å². The Morgan fingerprint density at radius 2 is 1.94 bits per heavy atom. The quantitative estimate of drug-likeness (QED) is 0.675. The number of carbonyl (C=O) groups excluding carboxylic acids is 1. The molecule has 2 aliphatic rings. The van der Waals surface area contributed by atoms with Gasteiger partial charge in [-0.3, -0.25) is 4.79 Å². The molecule has 6 nitrogen and oxygen atoms in total. The van der Waals surface area contributed by atoms with Crippen molar-refractivity contribution in [2.45, 2.75) is 51.5 Å². The first-order chi connectivity index (χ1) is 15.3. The molecular weight excluding hydrogens is 445 g/mol. The number of hydrogen-bond donors (Lipinski definition) is 1. The van der Waals surface area contributed by atoms with Crippen LogP contribution in [0.1, 0.15) is 55.8 Å². The van der Waals surface area contributed by atoms with Gasteiger partial charge >= 0.3 is 0 Å². The number of benzene rings is 1. The van der Waals surface area contributed by atoms with E-state index in [2.05, 4.69) is 41.0 Å². The molecule has 1 fully saturated rings. The van der Waals surface area contributed by atoms with Crippen molar-refractivity contribution in [2.24, 2.45) is 0 Å². The van der Waals surface area contributed by atoms with E-state index in [9.17, 15) is 4.79 Å². The molecule has 1 saturated heterocycles. The maximum absolute atomic E-state index is 13.6. The van der Waals surface area contributed by atoms with Gasteiger partial charge in [-0.25, -0.2) is 9.97 Å². The van der Waals surface area contributed by atoms with E-state index < -0.39 is 0 Å². The second-order valence-electron chi connectivity index (χ2n) is 9.09. The molecule has 4 rings (SSSR count). The molecule has 172 valence electrons. The summed E-state index contributed by atoms with van der Waals surface area (Å²) in [5.74, 6) is 1.28. The number of aryl methyl sites for hydroxylation is 1. The van der Waals surface area contributed by atoms with E-state index in [1.807, 2.05) is 11.0 Å². The van der Waals surface area contributed by atoms with E-state index in [1.54, 1.807) is 18.5 Å². The van der Waals surface area contributed by atoms with Crippen LogP contribution in [0.2, 0.25) is 10.0 Å². The fourth-order valence-corrected chi connectivity index (χ4v) is 5.24. The van der Waals surface area contributed by atoms with Crippen molar-refractivity contribution < 1.29 is 4.79 Å². The maximum Gasteiger partial charge on any atom is 0.231 e. The molecule has 2 heterocycles. The number of amides is 1. The molecule has 32 heavy (non-hydrogen) atoms. The second kappa shape index (κ2) is 9.94. The van der Waals surface area contributed by atoms with E-state index in [1.165, 1.54) is 11.3 Å². The van der Waals surface area contributed by atoms with E-state index in [0.29, 0.717) is 35.6 Å². The smallest absolute Gasteiger partial charge is 0.231 e. The number of nitrogens with one attached hydrogen (secondary N) is 1. The molecule has 0 spiro atoms. The molecule has 0 unspecified atom stereocenters. The summed E-state index contributed by atoms with van der Waals surface area (Å²) in [4.78, 5) is 26.9. The van der Waals surface area contributed by atoms with Gasteiger partial charge in [0.25, 0.3) is 0 Å². The minimum Gasteiger partial charge on any atom is -0.353 e. The van der Waals surface area contributed by atoms with Crippen molar-refractivity contribution in [1.82, 2.24) is 20.2 Å². The predicted molar refractivity (Wildman–Crippen MR) is 130 cm³/mol. The molecule has 0 bridgehead atoms. The van der Waals surface area contributed by atoms with Crippen LogP contribution >= 0.6 is 23.2 Å². The lowest BCUT2D eigenvalue weighted by Crippen LogP contribution is -2.51. The van der Waals surface area contributed by atoms with Gasteiger partial charge in [0.05, 0.1) is 5.92 Å². The number of aromatic nitrogens is 2. The lowest BCUT2D eigenvalue weighted by molar-refractivity contribution is -0.133. The summed E-state index contributed by atoms with van der Waals surface area (Å²) in [7, 11) is 0. The maximum atomic E-state index is 13.6. The first kappa shape index (κ1) is 23.3. The molecule has 1 amide bonds. The molecule has 0 saturated carbocycles. The molecule has 2 aromatic rings. The van der Waals surface area contributed by atoms with Crippen molar-refractivity contribution in [1.29, 1.82) is 0 Å². The van der Waals surface area contributed by atoms with Crippen molar-refractivity contribution in [2.75, 3.05) is 37.6 Å². The minimum atomic E-state index is -0.350. The minimum absolute atomic E-state index is 0.100. The van der Waals surface area contributed by atoms with Gasteiger partial charge in [0, 0.05) is 60.1 Å². The topological polar surface area (TPSA) is 61.4 Å². The van der Waals surface area contributed by atoms with E-state index in [0.717, 1.165) is 37.3 Å². The van der Waals surface area contributed by atoms with Gasteiger partial charge in [-0.05, 0) is 36.5 Å². The van der Waals surface area contributed by atoms with Crippen molar-refractivity contribution in [3.05, 3.63) is 51.4 Å². The number of hydrogen-bond acceptors (Lipinski definition) is 5. The van der Waals surface area contributed by atoms with E-state index >= 15 is 0 Å². The van der Waals surface area contributed by atoms with E-state index in [4.69, 9.17) is 23.2 Å². The molecule has 0 radical (unpaired) electrons. The van der Waals surface area contributed by atoms with Crippen LogP contribution in [0.25, 0.3) is 0 Å². The summed E-state index contributed by atoms with van der Waals surface area (Å²) in [5, 5.41) is 4.51. The summed E-state index contributed by atoms with van der Waals surface area (Å²) in [6.07, 6.45) is 3.84. The molecular formula is C24H31Cl2N5O. The standard InChI is InChI=1S/C24H31Cl2N5O/c1-15(2)27-13-19(18-6-5-17(25)12-20(18)26)24(32)31-10-8-30(9-11-31)23-22-16(3)4-7-21(22)28-14-29-23/h5-6,12,14-16,19,27H,4,7-11,13H2,1-3H3/t16-,19+/m1/s1. The summed E-state index contributed by atoms with van der Waals surface area (Å²) in [6, 6.07) is 5.66. The lowest BCUT2D eigenvalue weighted by atomic mass is 9.96. The first-order valence-corrected chi connectivity index (χ1v) is 12.2. The van der Waals surface area contributed by atoms with Crippen LogP contribution in [0.15, 0.2) is 24.5 Å². The highest BCUT2D eigenvalue weighted by Gasteiger charge is 2.32. The average molecular weight is 476 g/mol. The van der Waals surface area contributed by atoms with Crippen LogP contribution in [-0.2, 0) is 11.2 Å². The summed E-state index contributed by atoms with van der Waals surface area (Å²) < 4.78 is 0. The highest BCUT2D eigenvalue weighted by atomic mass is 35.5. The molecule has 1 N–H and O–H groups in total. The number of nitrogens with zero attached hydrogens (tertiary/aromatic N) is 4. The monoisotopic (exact) mass is 475 g/mol. The van der Waals surface area contributed by atoms with Crippen molar-refractivity contribution in [3.63, 3.8) is 0 Å². The Morgan fingerprint density at radius 3 is 2.62 bits per heavy atom. The van der Waals surface area contributed by atoms with Gasteiger partial charge in [-0.1, -0.05) is 50.0 Å². The Balaban J connectivity index is 1.49. The highest BCUT2D eigenvalue weighted by Crippen LogP contribution is 2.37. The predicted octanol–water partition coefficient (Wildman–Crippen LogP) is 4.26. The zero-order valence-electron chi connectivity index (χ0n) is 18.9. The third-order valence-electron chi connectivity index (χ3n) is 6.51. The first-order valence-electron chi connectivity index (χ1n) is 11.4. The largest absolute Gasteiger partial charge is 0.353 e.